The molecular weight excluding hydrogens is 120 g/mol. The second-order valence-electron chi connectivity index (χ2n) is 2.48. The fourth-order valence-corrected chi connectivity index (χ4v) is 0.970. The quantitative estimate of drug-likeness (QED) is 0.446. The van der Waals surface area contributed by atoms with Crippen LogP contribution in [0, 0.1) is 0 Å². The highest BCUT2D eigenvalue weighted by Crippen LogP contribution is 2.00. The Labute approximate surface area is 62.9 Å². The van der Waals surface area contributed by atoms with E-state index in [0.717, 1.165) is 0 Å². The summed E-state index contributed by atoms with van der Waals surface area (Å²) in [6.07, 6.45) is 18.0. The van der Waals surface area contributed by atoms with Crippen molar-refractivity contribution in [2.24, 2.45) is 0 Å². The van der Waals surface area contributed by atoms with Gasteiger partial charge < -0.3 is 0 Å². The van der Waals surface area contributed by atoms with Crippen LogP contribution < -0.4 is 0 Å². The van der Waals surface area contributed by atoms with Gasteiger partial charge in [0.15, 0.2) is 0 Å². The van der Waals surface area contributed by atoms with Gasteiger partial charge in [-0.2, -0.15) is 0 Å². The molecule has 0 aromatic rings. The van der Waals surface area contributed by atoms with E-state index in [1.54, 1.807) is 0 Å². The van der Waals surface area contributed by atoms with Crippen molar-refractivity contribution in [2.75, 3.05) is 0 Å². The highest BCUT2D eigenvalue weighted by molar-refractivity contribution is 5.04. The smallest absolute Gasteiger partial charge is 0.0313 e. The summed E-state index contributed by atoms with van der Waals surface area (Å²) in [5, 5.41) is 0. The van der Waals surface area contributed by atoms with E-state index in [9.17, 15) is 0 Å². The van der Waals surface area contributed by atoms with Gasteiger partial charge in [0.05, 0.1) is 0 Å². The molecule has 0 bridgehead atoms. The van der Waals surface area contributed by atoms with Gasteiger partial charge in [0.25, 0.3) is 0 Å². The number of hydrogen-bond donors (Lipinski definition) is 0. The second-order valence-corrected chi connectivity index (χ2v) is 2.48. The molecule has 0 aromatic carbocycles. The molecule has 0 aromatic heterocycles. The van der Waals surface area contributed by atoms with Gasteiger partial charge in [-0.05, 0) is 25.7 Å². The van der Waals surface area contributed by atoms with E-state index < -0.39 is 0 Å². The van der Waals surface area contributed by atoms with Gasteiger partial charge in [-0.1, -0.05) is 36.5 Å². The molecule has 0 unspecified atom stereocenters. The van der Waals surface area contributed by atoms with E-state index in [1.165, 1.54) is 25.7 Å². The van der Waals surface area contributed by atoms with Crippen LogP contribution in [0.3, 0.4) is 0 Å². The third kappa shape index (κ3) is 3.29. The van der Waals surface area contributed by atoms with Crippen LogP contribution in [0.25, 0.3) is 0 Å². The molecule has 0 fully saturated rings. The Morgan fingerprint density at radius 2 is 0.900 bits per heavy atom. The van der Waals surface area contributed by atoms with E-state index in [2.05, 4.69) is 36.5 Å². The molecule has 0 nitrogen and oxygen atoms in total. The zero-order chi connectivity index (χ0) is 7.07. The highest BCUT2D eigenvalue weighted by Gasteiger charge is 1.79. The van der Waals surface area contributed by atoms with Crippen LogP contribution in [-0.2, 0) is 0 Å². The van der Waals surface area contributed by atoms with Crippen molar-refractivity contribution >= 4 is 0 Å². The standard InChI is InChI=1S/C10H14/c1-2-4-6-8-10-9-7-5-3-1/h1-4,9-10H,5-8H2/b3-1+,4-2?,10-9+. The summed E-state index contributed by atoms with van der Waals surface area (Å²) in [6, 6.07) is 0. The van der Waals surface area contributed by atoms with Crippen molar-refractivity contribution in [1.82, 2.24) is 0 Å². The minimum absolute atomic E-state index is 1.18. The number of hydrogen-bond acceptors (Lipinski definition) is 0. The first-order valence-electron chi connectivity index (χ1n) is 3.97. The maximum atomic E-state index is 2.27. The molecule has 0 aliphatic heterocycles. The molecular formula is C10H14. The molecule has 10 heavy (non-hydrogen) atoms. The summed E-state index contributed by atoms with van der Waals surface area (Å²) in [7, 11) is 0. The van der Waals surface area contributed by atoms with Gasteiger partial charge in [-0.25, -0.2) is 0 Å². The maximum absolute atomic E-state index is 2.27. The van der Waals surface area contributed by atoms with Gasteiger partial charge in [-0.3, -0.25) is 0 Å². The van der Waals surface area contributed by atoms with Crippen LogP contribution in [-0.4, -0.2) is 0 Å². The van der Waals surface area contributed by atoms with Crippen LogP contribution >= 0.6 is 0 Å². The monoisotopic (exact) mass is 134 g/mol. The van der Waals surface area contributed by atoms with Crippen LogP contribution in [0.5, 0.6) is 0 Å². The van der Waals surface area contributed by atoms with Crippen LogP contribution in [0.4, 0.5) is 0 Å². The molecule has 1 rings (SSSR count). The zero-order valence-corrected chi connectivity index (χ0v) is 6.29. The molecule has 0 N–H and O–H groups in total. The summed E-state index contributed by atoms with van der Waals surface area (Å²) in [5.41, 5.74) is 0. The van der Waals surface area contributed by atoms with Crippen molar-refractivity contribution in [3.8, 4) is 0 Å². The summed E-state index contributed by atoms with van der Waals surface area (Å²) in [5.74, 6) is 0. The van der Waals surface area contributed by atoms with Crippen molar-refractivity contribution in [2.45, 2.75) is 25.7 Å². The van der Waals surface area contributed by atoms with Gasteiger partial charge in [0, 0.05) is 0 Å². The molecule has 0 radical (unpaired) electrons. The van der Waals surface area contributed by atoms with Crippen LogP contribution in [0.15, 0.2) is 36.5 Å². The predicted octanol–water partition coefficient (Wildman–Crippen LogP) is 3.23. The third-order valence-corrected chi connectivity index (χ3v) is 1.55. The highest BCUT2D eigenvalue weighted by atomic mass is 13.9. The summed E-state index contributed by atoms with van der Waals surface area (Å²) in [4.78, 5) is 0. The molecule has 54 valence electrons. The third-order valence-electron chi connectivity index (χ3n) is 1.55. The first-order chi connectivity index (χ1) is 5.00. The lowest BCUT2D eigenvalue weighted by Gasteiger charge is -1.90. The van der Waals surface area contributed by atoms with Crippen molar-refractivity contribution in [3.63, 3.8) is 0 Å². The van der Waals surface area contributed by atoms with Gasteiger partial charge in [0.1, 0.15) is 0 Å². The van der Waals surface area contributed by atoms with E-state index >= 15 is 0 Å². The maximum Gasteiger partial charge on any atom is -0.0313 e. The average Bonchev–Trinajstić information content (AvgIpc) is 2.01. The molecule has 0 heterocycles. The number of rotatable bonds is 0. The fraction of sp³-hybridized carbons (Fsp3) is 0.400. The SMILES string of the molecule is C1=CCC/C=C/CC/C=C/1. The van der Waals surface area contributed by atoms with E-state index in [1.807, 2.05) is 0 Å². The van der Waals surface area contributed by atoms with Crippen LogP contribution in [0.2, 0.25) is 0 Å². The van der Waals surface area contributed by atoms with Crippen molar-refractivity contribution < 1.29 is 0 Å². The van der Waals surface area contributed by atoms with Gasteiger partial charge in [-0.15, -0.1) is 0 Å². The van der Waals surface area contributed by atoms with Crippen molar-refractivity contribution in [1.29, 1.82) is 0 Å². The van der Waals surface area contributed by atoms with Gasteiger partial charge >= 0.3 is 0 Å². The molecule has 0 atom stereocenters. The first kappa shape index (κ1) is 7.33. The van der Waals surface area contributed by atoms with Crippen molar-refractivity contribution in [3.05, 3.63) is 36.5 Å². The topological polar surface area (TPSA) is 0 Å². The molecule has 0 saturated carbocycles. The van der Waals surface area contributed by atoms with E-state index in [-0.39, 0.29) is 0 Å². The molecule has 0 heteroatoms. The molecule has 1 aliphatic carbocycles. The Hall–Kier alpha value is -0.780. The summed E-state index contributed by atoms with van der Waals surface area (Å²) >= 11 is 0. The Kier molecular flexibility index (Phi) is 3.69. The normalized spacial score (nSPS) is 25.6. The Balaban J connectivity index is 2.38. The second kappa shape index (κ2) is 5.04. The lowest BCUT2D eigenvalue weighted by molar-refractivity contribution is 0.998. The predicted molar refractivity (Wildman–Crippen MR) is 45.9 cm³/mol. The molecule has 0 saturated heterocycles. The first-order valence-corrected chi connectivity index (χ1v) is 3.97. The molecule has 1 aliphatic rings. The average molecular weight is 134 g/mol. The molecule has 0 amide bonds. The van der Waals surface area contributed by atoms with Crippen LogP contribution in [0.1, 0.15) is 25.7 Å². The van der Waals surface area contributed by atoms with Gasteiger partial charge in [0.2, 0.25) is 0 Å². The summed E-state index contributed by atoms with van der Waals surface area (Å²) < 4.78 is 0. The fourth-order valence-electron chi connectivity index (χ4n) is 0.970. The minimum Gasteiger partial charge on any atom is -0.0882 e. The molecule has 0 spiro atoms. The minimum atomic E-state index is 1.18. The Morgan fingerprint density at radius 3 is 1.40 bits per heavy atom. The lowest BCUT2D eigenvalue weighted by Crippen LogP contribution is -1.69. The Morgan fingerprint density at radius 1 is 0.500 bits per heavy atom. The number of allylic oxidation sites excluding steroid dienone is 6. The largest absolute Gasteiger partial charge is 0.0882 e. The summed E-state index contributed by atoms with van der Waals surface area (Å²) in [6.45, 7) is 0. The Bertz CT molecular complexity index is 131. The van der Waals surface area contributed by atoms with E-state index in [0.29, 0.717) is 0 Å². The zero-order valence-electron chi connectivity index (χ0n) is 6.29. The lowest BCUT2D eigenvalue weighted by atomic mass is 10.2. The van der Waals surface area contributed by atoms with E-state index in [4.69, 9.17) is 0 Å².